The lowest BCUT2D eigenvalue weighted by Gasteiger charge is -2.28. The van der Waals surface area contributed by atoms with Crippen molar-refractivity contribution in [3.63, 3.8) is 0 Å². The zero-order valence-electron chi connectivity index (χ0n) is 18.3. The second-order valence-corrected chi connectivity index (χ2v) is 7.93. The Morgan fingerprint density at radius 3 is 2.00 bits per heavy atom. The van der Waals surface area contributed by atoms with Gasteiger partial charge in [-0.05, 0) is 38.6 Å². The molecule has 3 amide bonds. The van der Waals surface area contributed by atoms with E-state index in [1.165, 1.54) is 6.92 Å². The molecule has 0 fully saturated rings. The third-order valence-electron chi connectivity index (χ3n) is 4.99. The van der Waals surface area contributed by atoms with Gasteiger partial charge >= 0.3 is 5.97 Å². The zero-order valence-corrected chi connectivity index (χ0v) is 19.2. The van der Waals surface area contributed by atoms with Crippen LogP contribution in [-0.2, 0) is 19.2 Å². The Kier molecular flexibility index (Phi) is 14.1. The zero-order chi connectivity index (χ0) is 24.1. The molecule has 0 heterocycles. The average Bonchev–Trinajstić information content (AvgIpc) is 2.73. The summed E-state index contributed by atoms with van der Waals surface area (Å²) < 4.78 is 0. The molecule has 0 aliphatic rings. The number of amides is 3. The van der Waals surface area contributed by atoms with E-state index in [0.29, 0.717) is 25.8 Å². The number of hydrogen-bond acceptors (Lipinski definition) is 8. The summed E-state index contributed by atoms with van der Waals surface area (Å²) in [6, 6.07) is -4.45. The minimum absolute atomic E-state index is 0.0823. The number of carbonyl (C=O) groups is 4. The summed E-state index contributed by atoms with van der Waals surface area (Å²) in [7, 11) is 0. The van der Waals surface area contributed by atoms with Crippen molar-refractivity contribution in [3.05, 3.63) is 0 Å². The Labute approximate surface area is 188 Å². The fourth-order valence-corrected chi connectivity index (χ4v) is 2.91. The highest BCUT2D eigenvalue weighted by Crippen LogP contribution is 2.10. The first-order chi connectivity index (χ1) is 14.5. The second kappa shape index (κ2) is 15.0. The molecular formula is C19H37N5O6S. The molecular weight excluding hydrogens is 426 g/mol. The lowest BCUT2D eigenvalue weighted by molar-refractivity contribution is -0.142. The SMILES string of the molecule is CCC(C)C(NC(=O)C(N)C(C)O)C(=O)NC(CS)C(=O)NC(CCCCN)C(=O)O. The smallest absolute Gasteiger partial charge is 0.326 e. The van der Waals surface area contributed by atoms with Gasteiger partial charge in [-0.3, -0.25) is 14.4 Å². The van der Waals surface area contributed by atoms with Gasteiger partial charge in [0.15, 0.2) is 0 Å². The summed E-state index contributed by atoms with van der Waals surface area (Å²) in [6.07, 6.45) is 0.786. The summed E-state index contributed by atoms with van der Waals surface area (Å²) in [6.45, 7) is 5.34. The summed E-state index contributed by atoms with van der Waals surface area (Å²) in [4.78, 5) is 49.0. The quantitative estimate of drug-likeness (QED) is 0.104. The van der Waals surface area contributed by atoms with Crippen LogP contribution in [0.15, 0.2) is 0 Å². The molecule has 0 spiro atoms. The molecule has 0 saturated carbocycles. The van der Waals surface area contributed by atoms with Crippen LogP contribution in [0.2, 0.25) is 0 Å². The maximum Gasteiger partial charge on any atom is 0.326 e. The number of nitrogens with one attached hydrogen (secondary N) is 3. The highest BCUT2D eigenvalue weighted by molar-refractivity contribution is 7.80. The van der Waals surface area contributed by atoms with Crippen LogP contribution in [-0.4, -0.2) is 76.5 Å². The van der Waals surface area contributed by atoms with Crippen LogP contribution in [0.25, 0.3) is 0 Å². The first-order valence-electron chi connectivity index (χ1n) is 10.4. The molecule has 0 aliphatic heterocycles. The van der Waals surface area contributed by atoms with Crippen molar-refractivity contribution in [1.29, 1.82) is 0 Å². The highest BCUT2D eigenvalue weighted by atomic mass is 32.1. The summed E-state index contributed by atoms with van der Waals surface area (Å²) in [5.41, 5.74) is 11.0. The van der Waals surface area contributed by atoms with Gasteiger partial charge in [-0.2, -0.15) is 12.6 Å². The Hall–Kier alpha value is -1.89. The van der Waals surface area contributed by atoms with Crippen molar-refractivity contribution in [2.24, 2.45) is 17.4 Å². The minimum atomic E-state index is -1.21. The highest BCUT2D eigenvalue weighted by Gasteiger charge is 2.32. The second-order valence-electron chi connectivity index (χ2n) is 7.57. The van der Waals surface area contributed by atoms with Crippen LogP contribution in [0.3, 0.4) is 0 Å². The summed E-state index contributed by atoms with van der Waals surface area (Å²) in [5.74, 6) is -3.60. The Morgan fingerprint density at radius 2 is 1.55 bits per heavy atom. The molecule has 180 valence electrons. The van der Waals surface area contributed by atoms with E-state index < -0.39 is 54.0 Å². The predicted molar refractivity (Wildman–Crippen MR) is 119 cm³/mol. The Balaban J connectivity index is 5.23. The van der Waals surface area contributed by atoms with Gasteiger partial charge < -0.3 is 37.6 Å². The van der Waals surface area contributed by atoms with Gasteiger partial charge in [-0.25, -0.2) is 4.79 Å². The van der Waals surface area contributed by atoms with Gasteiger partial charge in [-0.1, -0.05) is 20.3 Å². The average molecular weight is 464 g/mol. The first kappa shape index (κ1) is 29.1. The number of carbonyl (C=O) groups excluding carboxylic acids is 3. The van der Waals surface area contributed by atoms with Crippen molar-refractivity contribution in [2.45, 2.75) is 76.7 Å². The molecule has 0 aromatic carbocycles. The first-order valence-corrected chi connectivity index (χ1v) is 11.0. The lowest BCUT2D eigenvalue weighted by Crippen LogP contribution is -2.60. The number of carboxylic acids is 1. The number of aliphatic carboxylic acids is 1. The van der Waals surface area contributed by atoms with Gasteiger partial charge in [0.1, 0.15) is 24.2 Å². The standard InChI is InChI=1S/C19H37N5O6S/c1-4-10(2)15(24-17(27)14(21)11(3)25)18(28)23-13(9-31)16(26)22-12(19(29)30)7-5-6-8-20/h10-15,25,31H,4-9,20-21H2,1-3H3,(H,22,26)(H,23,28)(H,24,27)(H,29,30). The van der Waals surface area contributed by atoms with Gasteiger partial charge in [0.25, 0.3) is 0 Å². The van der Waals surface area contributed by atoms with Crippen LogP contribution in [0.1, 0.15) is 46.5 Å². The fraction of sp³-hybridized carbons (Fsp3) is 0.789. The third-order valence-corrected chi connectivity index (χ3v) is 5.36. The summed E-state index contributed by atoms with van der Waals surface area (Å²) >= 11 is 4.08. The van der Waals surface area contributed by atoms with Gasteiger partial charge in [-0.15, -0.1) is 0 Å². The molecule has 0 aromatic rings. The van der Waals surface area contributed by atoms with E-state index in [-0.39, 0.29) is 18.1 Å². The van der Waals surface area contributed by atoms with Crippen molar-refractivity contribution in [2.75, 3.05) is 12.3 Å². The van der Waals surface area contributed by atoms with E-state index >= 15 is 0 Å². The maximum absolute atomic E-state index is 12.8. The molecule has 0 radical (unpaired) electrons. The van der Waals surface area contributed by atoms with Crippen LogP contribution >= 0.6 is 12.6 Å². The molecule has 11 nitrogen and oxygen atoms in total. The van der Waals surface area contributed by atoms with Crippen molar-refractivity contribution in [1.82, 2.24) is 16.0 Å². The number of nitrogens with two attached hydrogens (primary N) is 2. The molecule has 6 atom stereocenters. The van der Waals surface area contributed by atoms with E-state index in [1.54, 1.807) is 6.92 Å². The van der Waals surface area contributed by atoms with E-state index in [0.717, 1.165) is 0 Å². The Morgan fingerprint density at radius 1 is 0.968 bits per heavy atom. The number of unbranched alkanes of at least 4 members (excludes halogenated alkanes) is 1. The molecule has 9 N–H and O–H groups in total. The molecule has 31 heavy (non-hydrogen) atoms. The van der Waals surface area contributed by atoms with Crippen LogP contribution in [0, 0.1) is 5.92 Å². The number of carboxylic acid groups (broad SMARTS) is 1. The van der Waals surface area contributed by atoms with E-state index in [2.05, 4.69) is 28.6 Å². The molecule has 12 heteroatoms. The number of rotatable bonds is 15. The van der Waals surface area contributed by atoms with E-state index in [1.807, 2.05) is 6.92 Å². The van der Waals surface area contributed by atoms with E-state index in [9.17, 15) is 29.4 Å². The van der Waals surface area contributed by atoms with E-state index in [4.69, 9.17) is 11.5 Å². The minimum Gasteiger partial charge on any atom is -0.480 e. The molecule has 0 aliphatic carbocycles. The van der Waals surface area contributed by atoms with Crippen molar-refractivity contribution >= 4 is 36.3 Å². The van der Waals surface area contributed by atoms with Gasteiger partial charge in [0, 0.05) is 5.75 Å². The molecule has 0 aromatic heterocycles. The van der Waals surface area contributed by atoms with Crippen LogP contribution in [0.4, 0.5) is 0 Å². The maximum atomic E-state index is 12.8. The molecule has 0 saturated heterocycles. The fourth-order valence-electron chi connectivity index (χ4n) is 2.65. The number of hydrogen-bond donors (Lipinski definition) is 8. The van der Waals surface area contributed by atoms with Crippen LogP contribution in [0.5, 0.6) is 0 Å². The van der Waals surface area contributed by atoms with Crippen molar-refractivity contribution in [3.8, 4) is 0 Å². The van der Waals surface area contributed by atoms with Gasteiger partial charge in [0.2, 0.25) is 17.7 Å². The third kappa shape index (κ3) is 10.3. The Bertz CT molecular complexity index is 606. The topological polar surface area (TPSA) is 197 Å². The molecule has 6 unspecified atom stereocenters. The van der Waals surface area contributed by atoms with Gasteiger partial charge in [0.05, 0.1) is 6.10 Å². The van der Waals surface area contributed by atoms with Crippen LogP contribution < -0.4 is 27.4 Å². The number of aliphatic hydroxyl groups excluding tert-OH is 1. The van der Waals surface area contributed by atoms with Crippen molar-refractivity contribution < 1.29 is 29.4 Å². The monoisotopic (exact) mass is 463 g/mol. The predicted octanol–water partition coefficient (Wildman–Crippen LogP) is -1.66. The summed E-state index contributed by atoms with van der Waals surface area (Å²) in [5, 5.41) is 26.2. The largest absolute Gasteiger partial charge is 0.480 e. The molecule has 0 rings (SSSR count). The normalized spacial score (nSPS) is 16.9. The number of aliphatic hydroxyl groups is 1. The molecule has 0 bridgehead atoms. The number of thiol groups is 1. The lowest BCUT2D eigenvalue weighted by atomic mass is 9.97.